The van der Waals surface area contributed by atoms with Crippen molar-refractivity contribution in [3.05, 3.63) is 47.8 Å². The Morgan fingerprint density at radius 2 is 2.10 bits per heavy atom. The molecule has 2 aromatic heterocycles. The van der Waals surface area contributed by atoms with E-state index in [9.17, 15) is 9.90 Å². The lowest BCUT2D eigenvalue weighted by atomic mass is 9.82. The van der Waals surface area contributed by atoms with Gasteiger partial charge in [0.1, 0.15) is 0 Å². The second kappa shape index (κ2) is 7.60. The van der Waals surface area contributed by atoms with Crippen LogP contribution in [0.15, 0.2) is 36.4 Å². The highest BCUT2D eigenvalue weighted by Crippen LogP contribution is 2.44. The van der Waals surface area contributed by atoms with Crippen molar-refractivity contribution >= 4 is 22.7 Å². The van der Waals surface area contributed by atoms with Crippen molar-refractivity contribution in [2.45, 2.75) is 37.3 Å². The number of nitrogens with zero attached hydrogens (tertiary/aromatic N) is 4. The number of aromatic nitrogens is 3. The fourth-order valence-electron chi connectivity index (χ4n) is 4.62. The van der Waals surface area contributed by atoms with Crippen LogP contribution in [0.25, 0.3) is 16.7 Å². The van der Waals surface area contributed by atoms with Crippen molar-refractivity contribution in [1.29, 1.82) is 0 Å². The molecular weight excluding hydrogens is 399 g/mol. The number of ether oxygens (including phenoxy) is 1. The molecule has 1 atom stereocenters. The van der Waals surface area contributed by atoms with Crippen molar-refractivity contribution in [2.24, 2.45) is 0 Å². The number of carboxylic acid groups (broad SMARTS) is 1. The van der Waals surface area contributed by atoms with E-state index in [2.05, 4.69) is 4.98 Å². The van der Waals surface area contributed by atoms with Crippen molar-refractivity contribution in [3.63, 3.8) is 0 Å². The zero-order chi connectivity index (χ0) is 21.6. The Kier molecular flexibility index (Phi) is 4.89. The van der Waals surface area contributed by atoms with Crippen LogP contribution < -0.4 is 4.90 Å². The highest BCUT2D eigenvalue weighted by Gasteiger charge is 2.40. The summed E-state index contributed by atoms with van der Waals surface area (Å²) in [5, 5.41) is 15.5. The predicted molar refractivity (Wildman–Crippen MR) is 115 cm³/mol. The SMILES string of the molecule is COCC1(F)CCN(c2cc(C(=O)O)nc3c2c(C2CCC2)nn3-c2ccccc2)C1. The first-order chi connectivity index (χ1) is 15.0. The summed E-state index contributed by atoms with van der Waals surface area (Å²) in [7, 11) is 1.50. The van der Waals surface area contributed by atoms with Crippen molar-refractivity contribution in [1.82, 2.24) is 14.8 Å². The number of rotatable bonds is 6. The fourth-order valence-corrected chi connectivity index (χ4v) is 4.62. The average molecular weight is 424 g/mol. The van der Waals surface area contributed by atoms with Crippen LogP contribution in [-0.4, -0.2) is 58.3 Å². The van der Waals surface area contributed by atoms with Gasteiger partial charge in [0.25, 0.3) is 0 Å². The lowest BCUT2D eigenvalue weighted by Crippen LogP contribution is -2.33. The van der Waals surface area contributed by atoms with Crippen LogP contribution in [0.4, 0.5) is 10.1 Å². The van der Waals surface area contributed by atoms with E-state index in [0.29, 0.717) is 30.2 Å². The van der Waals surface area contributed by atoms with Crippen LogP contribution in [-0.2, 0) is 4.74 Å². The smallest absolute Gasteiger partial charge is 0.354 e. The van der Waals surface area contributed by atoms with Crippen molar-refractivity contribution in [2.75, 3.05) is 31.7 Å². The summed E-state index contributed by atoms with van der Waals surface area (Å²) in [5.74, 6) is -0.808. The quantitative estimate of drug-likeness (QED) is 0.645. The van der Waals surface area contributed by atoms with Crippen molar-refractivity contribution < 1.29 is 19.0 Å². The summed E-state index contributed by atoms with van der Waals surface area (Å²) in [6.07, 6.45) is 3.56. The Bertz CT molecular complexity index is 1130. The second-order valence-corrected chi connectivity index (χ2v) is 8.55. The molecule has 3 aromatic rings. The highest BCUT2D eigenvalue weighted by molar-refractivity contribution is 5.98. The average Bonchev–Trinajstić information content (AvgIpc) is 3.28. The number of pyridine rings is 1. The maximum atomic E-state index is 15.2. The van der Waals surface area contributed by atoms with Gasteiger partial charge in [0.2, 0.25) is 0 Å². The Morgan fingerprint density at radius 1 is 1.32 bits per heavy atom. The minimum absolute atomic E-state index is 0.0161. The number of para-hydroxylation sites is 1. The molecule has 8 heteroatoms. The number of methoxy groups -OCH3 is 1. The van der Waals surface area contributed by atoms with E-state index in [0.717, 1.165) is 36.0 Å². The minimum Gasteiger partial charge on any atom is -0.477 e. The molecule has 1 saturated heterocycles. The molecule has 0 spiro atoms. The summed E-state index contributed by atoms with van der Waals surface area (Å²) >= 11 is 0. The maximum absolute atomic E-state index is 15.2. The number of hydrogen-bond acceptors (Lipinski definition) is 5. The second-order valence-electron chi connectivity index (χ2n) is 8.55. The predicted octanol–water partition coefficient (Wildman–Crippen LogP) is 3.95. The van der Waals surface area contributed by atoms with E-state index in [4.69, 9.17) is 9.84 Å². The van der Waals surface area contributed by atoms with Gasteiger partial charge in [0.05, 0.1) is 35.6 Å². The van der Waals surface area contributed by atoms with Gasteiger partial charge >= 0.3 is 5.97 Å². The first-order valence-corrected chi connectivity index (χ1v) is 10.6. The third-order valence-corrected chi connectivity index (χ3v) is 6.40. The Hall–Kier alpha value is -3.00. The molecule has 1 aromatic carbocycles. The van der Waals surface area contributed by atoms with Gasteiger partial charge in [0.15, 0.2) is 17.0 Å². The Morgan fingerprint density at radius 3 is 2.74 bits per heavy atom. The normalized spacial score (nSPS) is 21.5. The summed E-state index contributed by atoms with van der Waals surface area (Å²) in [5.41, 5.74) is 1.42. The third kappa shape index (κ3) is 3.44. The van der Waals surface area contributed by atoms with Gasteiger partial charge in [0, 0.05) is 26.0 Å². The molecule has 2 fully saturated rings. The minimum atomic E-state index is -1.46. The van der Waals surface area contributed by atoms with Gasteiger partial charge in [-0.2, -0.15) is 5.10 Å². The number of carboxylic acids is 1. The molecule has 1 aliphatic carbocycles. The topological polar surface area (TPSA) is 80.5 Å². The lowest BCUT2D eigenvalue weighted by Gasteiger charge is -2.26. The molecule has 1 aliphatic heterocycles. The monoisotopic (exact) mass is 424 g/mol. The van der Waals surface area contributed by atoms with Gasteiger partial charge < -0.3 is 14.7 Å². The summed E-state index contributed by atoms with van der Waals surface area (Å²) < 4.78 is 22.0. The van der Waals surface area contributed by atoms with E-state index in [-0.39, 0.29) is 18.8 Å². The van der Waals surface area contributed by atoms with E-state index in [1.54, 1.807) is 10.7 Å². The molecule has 3 heterocycles. The van der Waals surface area contributed by atoms with E-state index >= 15 is 4.39 Å². The fraction of sp³-hybridized carbons (Fsp3) is 0.435. The Balaban J connectivity index is 1.72. The highest BCUT2D eigenvalue weighted by atomic mass is 19.1. The molecule has 0 radical (unpaired) electrons. The summed E-state index contributed by atoms with van der Waals surface area (Å²) in [6.45, 7) is 0.653. The number of carbonyl (C=O) groups is 1. The van der Waals surface area contributed by atoms with Gasteiger partial charge in [-0.15, -0.1) is 0 Å². The molecule has 1 saturated carbocycles. The third-order valence-electron chi connectivity index (χ3n) is 6.40. The molecular formula is C23H25FN4O3. The summed E-state index contributed by atoms with van der Waals surface area (Å²) in [6, 6.07) is 11.2. The Labute approximate surface area is 179 Å². The number of hydrogen-bond donors (Lipinski definition) is 1. The molecule has 31 heavy (non-hydrogen) atoms. The van der Waals surface area contributed by atoms with Gasteiger partial charge in [-0.05, 0) is 31.0 Å². The zero-order valence-corrected chi connectivity index (χ0v) is 17.4. The van der Waals surface area contributed by atoms with Gasteiger partial charge in [-0.25, -0.2) is 18.9 Å². The number of alkyl halides is 1. The van der Waals surface area contributed by atoms with E-state index < -0.39 is 11.6 Å². The molecule has 162 valence electrons. The van der Waals surface area contributed by atoms with Crippen LogP contribution in [0.5, 0.6) is 0 Å². The van der Waals surface area contributed by atoms with E-state index in [1.165, 1.54) is 7.11 Å². The summed E-state index contributed by atoms with van der Waals surface area (Å²) in [4.78, 5) is 18.3. The maximum Gasteiger partial charge on any atom is 0.354 e. The van der Waals surface area contributed by atoms with Gasteiger partial charge in [-0.3, -0.25) is 0 Å². The number of halogens is 1. The zero-order valence-electron chi connectivity index (χ0n) is 17.4. The molecule has 2 aliphatic rings. The standard InChI is InChI=1S/C23H25FN4O3/c1-31-14-23(24)10-11-27(13-23)18-12-17(22(29)30)25-21-19(18)20(15-6-5-7-15)26-28(21)16-8-3-2-4-9-16/h2-4,8-9,12,15H,5-7,10-11,13-14H2,1H3,(H,29,30). The molecule has 7 nitrogen and oxygen atoms in total. The first-order valence-electron chi connectivity index (χ1n) is 10.6. The van der Waals surface area contributed by atoms with Crippen LogP contribution in [0.2, 0.25) is 0 Å². The van der Waals surface area contributed by atoms with E-state index in [1.807, 2.05) is 35.2 Å². The van der Waals surface area contributed by atoms with Crippen LogP contribution in [0, 0.1) is 0 Å². The molecule has 0 bridgehead atoms. The number of benzene rings is 1. The van der Waals surface area contributed by atoms with Crippen molar-refractivity contribution in [3.8, 4) is 5.69 Å². The molecule has 5 rings (SSSR count). The number of anilines is 1. The molecule has 1 N–H and O–H groups in total. The van der Waals surface area contributed by atoms with Crippen LogP contribution >= 0.6 is 0 Å². The first kappa shape index (κ1) is 19.9. The number of aromatic carboxylic acids is 1. The van der Waals surface area contributed by atoms with Gasteiger partial charge in [-0.1, -0.05) is 24.6 Å². The number of fused-ring (bicyclic) bond motifs is 1. The van der Waals surface area contributed by atoms with Crippen LogP contribution in [0.1, 0.15) is 47.8 Å². The molecule has 1 unspecified atom stereocenters. The lowest BCUT2D eigenvalue weighted by molar-refractivity contribution is 0.0571. The van der Waals surface area contributed by atoms with Crippen LogP contribution in [0.3, 0.4) is 0 Å². The molecule has 0 amide bonds. The largest absolute Gasteiger partial charge is 0.477 e.